The fourth-order valence-electron chi connectivity index (χ4n) is 4.73. The van der Waals surface area contributed by atoms with Gasteiger partial charge in [0.2, 0.25) is 5.95 Å². The van der Waals surface area contributed by atoms with E-state index in [1.165, 1.54) is 0 Å². The van der Waals surface area contributed by atoms with Crippen LogP contribution in [0.5, 0.6) is 0 Å². The standard InChI is InChI=1S/C23H23ClFN7O/c24-22-21(9-28-32(22)15-1-2-15)30-23-27-8-14-5-13(7-26)18(6-20(14)29-23)17-3-4-31(10-19(17)25)16-11-33-12-16/h5-6,8-9,15-17,19H,1-4,10-12H2,(H,27,29,30). The Balaban J connectivity index is 1.28. The highest BCUT2D eigenvalue weighted by atomic mass is 35.5. The Kier molecular flexibility index (Phi) is 5.17. The zero-order chi connectivity index (χ0) is 22.5. The molecule has 0 bridgehead atoms. The number of ether oxygens (including phenoxy) is 1. The summed E-state index contributed by atoms with van der Waals surface area (Å²) < 4.78 is 22.3. The van der Waals surface area contributed by atoms with Crippen LogP contribution in [0, 0.1) is 11.3 Å². The van der Waals surface area contributed by atoms with Crippen LogP contribution >= 0.6 is 11.6 Å². The minimum Gasteiger partial charge on any atom is -0.378 e. The highest BCUT2D eigenvalue weighted by Crippen LogP contribution is 2.39. The molecule has 1 N–H and O–H groups in total. The molecule has 0 spiro atoms. The van der Waals surface area contributed by atoms with Crippen molar-refractivity contribution in [3.63, 3.8) is 0 Å². The van der Waals surface area contributed by atoms with Gasteiger partial charge in [-0.15, -0.1) is 0 Å². The van der Waals surface area contributed by atoms with E-state index < -0.39 is 6.17 Å². The second-order valence-corrected chi connectivity index (χ2v) is 9.41. The van der Waals surface area contributed by atoms with Crippen LogP contribution in [0.4, 0.5) is 16.0 Å². The van der Waals surface area contributed by atoms with Gasteiger partial charge in [0.25, 0.3) is 0 Å². The normalized spacial score (nSPS) is 23.9. The van der Waals surface area contributed by atoms with Crippen LogP contribution in [-0.2, 0) is 4.74 Å². The molecule has 33 heavy (non-hydrogen) atoms. The first-order valence-electron chi connectivity index (χ1n) is 11.3. The van der Waals surface area contributed by atoms with Crippen molar-refractivity contribution in [1.29, 1.82) is 5.26 Å². The molecule has 2 atom stereocenters. The third kappa shape index (κ3) is 3.82. The van der Waals surface area contributed by atoms with E-state index in [1.54, 1.807) is 18.5 Å². The van der Waals surface area contributed by atoms with Gasteiger partial charge < -0.3 is 10.1 Å². The maximum atomic E-state index is 15.2. The van der Waals surface area contributed by atoms with E-state index in [2.05, 4.69) is 31.4 Å². The van der Waals surface area contributed by atoms with Gasteiger partial charge in [-0.3, -0.25) is 4.90 Å². The van der Waals surface area contributed by atoms with Crippen LogP contribution in [0.3, 0.4) is 0 Å². The number of benzene rings is 1. The van der Waals surface area contributed by atoms with Crippen molar-refractivity contribution in [1.82, 2.24) is 24.6 Å². The highest BCUT2D eigenvalue weighted by molar-refractivity contribution is 6.32. The molecular weight excluding hydrogens is 445 g/mol. The molecule has 3 aliphatic rings. The third-order valence-corrected chi connectivity index (χ3v) is 7.23. The zero-order valence-corrected chi connectivity index (χ0v) is 18.7. The van der Waals surface area contributed by atoms with Gasteiger partial charge in [0.15, 0.2) is 5.15 Å². The molecule has 4 heterocycles. The number of rotatable bonds is 5. The SMILES string of the molecule is N#Cc1cc2cnc(Nc3cnn(C4CC4)c3Cl)nc2cc1C1CCN(C2COC2)CC1F. The number of fused-ring (bicyclic) bond motifs is 1. The van der Waals surface area contributed by atoms with Crippen LogP contribution in [0.2, 0.25) is 5.15 Å². The number of nitrogens with one attached hydrogen (secondary N) is 1. The van der Waals surface area contributed by atoms with Gasteiger partial charge in [-0.05, 0) is 43.5 Å². The number of likely N-dealkylation sites (tertiary alicyclic amines) is 1. The lowest BCUT2D eigenvalue weighted by atomic mass is 9.84. The molecule has 6 rings (SSSR count). The van der Waals surface area contributed by atoms with Crippen molar-refractivity contribution >= 4 is 34.1 Å². The number of alkyl halides is 1. The summed E-state index contributed by atoms with van der Waals surface area (Å²) in [5.41, 5.74) is 2.50. The molecule has 3 aromatic rings. The number of halogens is 2. The molecule has 0 radical (unpaired) electrons. The Morgan fingerprint density at radius 2 is 2.03 bits per heavy atom. The fourth-order valence-corrected chi connectivity index (χ4v) is 5.01. The molecule has 2 unspecified atom stereocenters. The van der Waals surface area contributed by atoms with E-state index in [0.29, 0.717) is 71.7 Å². The summed E-state index contributed by atoms with van der Waals surface area (Å²) in [5, 5.41) is 18.5. The average molecular weight is 468 g/mol. The first-order chi connectivity index (χ1) is 16.1. The highest BCUT2D eigenvalue weighted by Gasteiger charge is 2.37. The molecule has 8 nitrogen and oxygen atoms in total. The van der Waals surface area contributed by atoms with Gasteiger partial charge in [0.1, 0.15) is 6.17 Å². The molecule has 1 aromatic carbocycles. The van der Waals surface area contributed by atoms with E-state index >= 15 is 4.39 Å². The minimum atomic E-state index is -1.05. The van der Waals surface area contributed by atoms with Gasteiger partial charge in [0.05, 0.1) is 54.3 Å². The van der Waals surface area contributed by atoms with Crippen molar-refractivity contribution in [3.05, 3.63) is 40.8 Å². The second kappa shape index (κ2) is 8.20. The quantitative estimate of drug-likeness (QED) is 0.607. The van der Waals surface area contributed by atoms with Crippen molar-refractivity contribution in [2.45, 2.75) is 43.4 Å². The summed E-state index contributed by atoms with van der Waals surface area (Å²) in [7, 11) is 0. The molecule has 2 aromatic heterocycles. The second-order valence-electron chi connectivity index (χ2n) is 9.05. The number of anilines is 2. The number of piperidine rings is 1. The van der Waals surface area contributed by atoms with Crippen LogP contribution < -0.4 is 5.32 Å². The fraction of sp³-hybridized carbons (Fsp3) is 0.478. The number of nitriles is 1. The molecule has 1 aliphatic carbocycles. The van der Waals surface area contributed by atoms with Crippen LogP contribution in [0.1, 0.15) is 42.3 Å². The number of hydrogen-bond donors (Lipinski definition) is 1. The van der Waals surface area contributed by atoms with Gasteiger partial charge in [-0.2, -0.15) is 10.4 Å². The van der Waals surface area contributed by atoms with Crippen molar-refractivity contribution < 1.29 is 9.13 Å². The molecular formula is C23H23ClFN7O. The van der Waals surface area contributed by atoms with Crippen LogP contribution in [0.15, 0.2) is 24.5 Å². The number of nitrogens with zero attached hydrogens (tertiary/aromatic N) is 6. The molecule has 2 aliphatic heterocycles. The lowest BCUT2D eigenvalue weighted by Crippen LogP contribution is -2.54. The van der Waals surface area contributed by atoms with Crippen molar-refractivity contribution in [3.8, 4) is 6.07 Å². The third-order valence-electron chi connectivity index (χ3n) is 6.85. The van der Waals surface area contributed by atoms with Gasteiger partial charge in [0, 0.05) is 24.0 Å². The van der Waals surface area contributed by atoms with Crippen molar-refractivity contribution in [2.75, 3.05) is 31.6 Å². The molecule has 3 fully saturated rings. The topological polar surface area (TPSA) is 91.9 Å². The summed E-state index contributed by atoms with van der Waals surface area (Å²) >= 11 is 6.45. The van der Waals surface area contributed by atoms with Crippen LogP contribution in [-0.4, -0.2) is 63.2 Å². The maximum absolute atomic E-state index is 15.2. The zero-order valence-electron chi connectivity index (χ0n) is 17.9. The summed E-state index contributed by atoms with van der Waals surface area (Å²) in [4.78, 5) is 11.2. The monoisotopic (exact) mass is 467 g/mol. The van der Waals surface area contributed by atoms with Crippen molar-refractivity contribution in [2.24, 2.45) is 0 Å². The lowest BCUT2D eigenvalue weighted by molar-refractivity contribution is -0.0807. The number of hydrogen-bond acceptors (Lipinski definition) is 7. The predicted molar refractivity (Wildman–Crippen MR) is 121 cm³/mol. The Bertz CT molecular complexity index is 1250. The first kappa shape index (κ1) is 20.8. The van der Waals surface area contributed by atoms with Crippen LogP contribution in [0.25, 0.3) is 10.9 Å². The Morgan fingerprint density at radius 1 is 1.18 bits per heavy atom. The molecule has 170 valence electrons. The Labute approximate surface area is 195 Å². The first-order valence-corrected chi connectivity index (χ1v) is 11.6. The summed E-state index contributed by atoms with van der Waals surface area (Å²) in [6.07, 6.45) is 5.12. The van der Waals surface area contributed by atoms with E-state index in [0.717, 1.165) is 24.8 Å². The summed E-state index contributed by atoms with van der Waals surface area (Å²) in [6.45, 7) is 2.50. The summed E-state index contributed by atoms with van der Waals surface area (Å²) in [5.74, 6) is 0.0471. The number of aromatic nitrogens is 4. The molecule has 2 saturated heterocycles. The van der Waals surface area contributed by atoms with Gasteiger partial charge >= 0.3 is 0 Å². The lowest BCUT2D eigenvalue weighted by Gasteiger charge is -2.43. The van der Waals surface area contributed by atoms with Gasteiger partial charge in [-0.1, -0.05) is 11.6 Å². The van der Waals surface area contributed by atoms with E-state index in [-0.39, 0.29) is 5.92 Å². The predicted octanol–water partition coefficient (Wildman–Crippen LogP) is 3.96. The average Bonchev–Trinajstić information content (AvgIpc) is 3.56. The van der Waals surface area contributed by atoms with Gasteiger partial charge in [-0.25, -0.2) is 19.0 Å². The molecule has 10 heteroatoms. The summed E-state index contributed by atoms with van der Waals surface area (Å²) in [6, 6.07) is 6.52. The Hall–Kier alpha value is -2.80. The van der Waals surface area contributed by atoms with E-state index in [1.807, 2.05) is 10.7 Å². The van der Waals surface area contributed by atoms with E-state index in [4.69, 9.17) is 16.3 Å². The Morgan fingerprint density at radius 3 is 2.73 bits per heavy atom. The minimum absolute atomic E-state index is 0.314. The molecule has 1 saturated carbocycles. The largest absolute Gasteiger partial charge is 0.378 e. The molecule has 0 amide bonds. The maximum Gasteiger partial charge on any atom is 0.227 e. The smallest absolute Gasteiger partial charge is 0.227 e. The van der Waals surface area contributed by atoms with E-state index in [9.17, 15) is 5.26 Å².